The molecule has 102 valence electrons. The molecular formula is C16H15FN2O. The number of nitrogens with one attached hydrogen (secondary N) is 1. The summed E-state index contributed by atoms with van der Waals surface area (Å²) >= 11 is 0. The van der Waals surface area contributed by atoms with E-state index in [2.05, 4.69) is 5.43 Å². The van der Waals surface area contributed by atoms with Crippen LogP contribution in [0, 0.1) is 12.7 Å². The van der Waals surface area contributed by atoms with Gasteiger partial charge in [0, 0.05) is 10.9 Å². The summed E-state index contributed by atoms with van der Waals surface area (Å²) in [6.45, 7) is 1.73. The van der Waals surface area contributed by atoms with Crippen LogP contribution in [0.15, 0.2) is 53.1 Å². The van der Waals surface area contributed by atoms with Gasteiger partial charge in [-0.2, -0.15) is 0 Å². The van der Waals surface area contributed by atoms with Crippen molar-refractivity contribution < 1.29 is 8.81 Å². The second-order valence-electron chi connectivity index (χ2n) is 4.80. The van der Waals surface area contributed by atoms with Gasteiger partial charge in [0.1, 0.15) is 11.4 Å². The molecule has 0 fully saturated rings. The summed E-state index contributed by atoms with van der Waals surface area (Å²) in [5.74, 6) is 5.42. The molecule has 3 N–H and O–H groups in total. The molecule has 0 radical (unpaired) electrons. The number of aryl methyl sites for hydroxylation is 1. The first-order valence-corrected chi connectivity index (χ1v) is 6.39. The predicted molar refractivity (Wildman–Crippen MR) is 76.5 cm³/mol. The summed E-state index contributed by atoms with van der Waals surface area (Å²) in [4.78, 5) is 0. The molecule has 20 heavy (non-hydrogen) atoms. The van der Waals surface area contributed by atoms with Crippen molar-refractivity contribution in [1.82, 2.24) is 5.43 Å². The van der Waals surface area contributed by atoms with Crippen molar-refractivity contribution >= 4 is 11.0 Å². The number of benzene rings is 2. The zero-order valence-corrected chi connectivity index (χ0v) is 11.1. The molecule has 0 amide bonds. The van der Waals surface area contributed by atoms with E-state index in [9.17, 15) is 4.39 Å². The van der Waals surface area contributed by atoms with Gasteiger partial charge in [-0.3, -0.25) is 5.84 Å². The van der Waals surface area contributed by atoms with Crippen LogP contribution in [0.3, 0.4) is 0 Å². The van der Waals surface area contributed by atoms with E-state index in [1.54, 1.807) is 19.3 Å². The van der Waals surface area contributed by atoms with Gasteiger partial charge in [-0.15, -0.1) is 0 Å². The maximum atomic E-state index is 13.7. The Morgan fingerprint density at radius 1 is 1.20 bits per heavy atom. The first-order chi connectivity index (χ1) is 9.70. The molecule has 1 atom stereocenters. The molecular weight excluding hydrogens is 255 g/mol. The Morgan fingerprint density at radius 2 is 2.00 bits per heavy atom. The molecule has 0 bridgehead atoms. The molecule has 2 aromatic carbocycles. The van der Waals surface area contributed by atoms with E-state index in [0.29, 0.717) is 5.56 Å². The fraction of sp³-hybridized carbons (Fsp3) is 0.125. The van der Waals surface area contributed by atoms with Crippen molar-refractivity contribution in [2.24, 2.45) is 5.84 Å². The van der Waals surface area contributed by atoms with E-state index in [4.69, 9.17) is 10.3 Å². The summed E-state index contributed by atoms with van der Waals surface area (Å²) in [5, 5.41) is 0.969. The lowest BCUT2D eigenvalue weighted by Gasteiger charge is -2.16. The van der Waals surface area contributed by atoms with Crippen LogP contribution in [0.25, 0.3) is 11.0 Å². The summed E-state index contributed by atoms with van der Waals surface area (Å²) in [6.07, 6.45) is 1.66. The minimum atomic E-state index is -0.311. The Kier molecular flexibility index (Phi) is 3.26. The van der Waals surface area contributed by atoms with Gasteiger partial charge in [-0.25, -0.2) is 9.82 Å². The van der Waals surface area contributed by atoms with Crippen molar-refractivity contribution in [2.75, 3.05) is 0 Å². The van der Waals surface area contributed by atoms with Crippen molar-refractivity contribution in [2.45, 2.75) is 13.0 Å². The fourth-order valence-corrected chi connectivity index (χ4v) is 2.38. The van der Waals surface area contributed by atoms with Gasteiger partial charge in [0.15, 0.2) is 0 Å². The lowest BCUT2D eigenvalue weighted by Crippen LogP contribution is -2.28. The predicted octanol–water partition coefficient (Wildman–Crippen LogP) is 3.43. The van der Waals surface area contributed by atoms with E-state index in [0.717, 1.165) is 22.1 Å². The van der Waals surface area contributed by atoms with Gasteiger partial charge in [0.25, 0.3) is 0 Å². The van der Waals surface area contributed by atoms with Gasteiger partial charge in [-0.05, 0) is 30.2 Å². The zero-order chi connectivity index (χ0) is 14.1. The van der Waals surface area contributed by atoms with Crippen LogP contribution < -0.4 is 11.3 Å². The molecule has 0 aliphatic rings. The SMILES string of the molecule is Cc1ccc(C(NN)c2coc3ccccc23)cc1F. The Bertz CT molecular complexity index is 751. The third-order valence-electron chi connectivity index (χ3n) is 3.52. The van der Waals surface area contributed by atoms with E-state index < -0.39 is 0 Å². The van der Waals surface area contributed by atoms with Gasteiger partial charge in [0.2, 0.25) is 0 Å². The Hall–Kier alpha value is -2.17. The van der Waals surface area contributed by atoms with Crippen molar-refractivity contribution in [3.05, 3.63) is 71.2 Å². The number of hydrazine groups is 1. The molecule has 3 aromatic rings. The molecule has 0 saturated heterocycles. The molecule has 3 rings (SSSR count). The third-order valence-corrected chi connectivity index (χ3v) is 3.52. The van der Waals surface area contributed by atoms with Crippen LogP contribution in [0.1, 0.15) is 22.7 Å². The van der Waals surface area contributed by atoms with E-state index in [1.165, 1.54) is 6.07 Å². The van der Waals surface area contributed by atoms with Crippen LogP contribution in [0.2, 0.25) is 0 Å². The van der Waals surface area contributed by atoms with Gasteiger partial charge >= 0.3 is 0 Å². The standard InChI is InChI=1S/C16H15FN2O/c1-10-6-7-11(8-14(10)17)16(19-18)13-9-20-15-5-3-2-4-12(13)15/h2-9,16,19H,18H2,1H3. The molecule has 4 heteroatoms. The summed E-state index contributed by atoms with van der Waals surface area (Å²) in [6, 6.07) is 12.5. The summed E-state index contributed by atoms with van der Waals surface area (Å²) in [5.41, 5.74) is 5.79. The average molecular weight is 270 g/mol. The molecule has 1 aromatic heterocycles. The Balaban J connectivity index is 2.11. The number of halogens is 1. The van der Waals surface area contributed by atoms with Gasteiger partial charge in [0.05, 0.1) is 12.3 Å². The van der Waals surface area contributed by atoms with Gasteiger partial charge < -0.3 is 4.42 Å². The first-order valence-electron chi connectivity index (χ1n) is 6.39. The second kappa shape index (κ2) is 5.07. The maximum absolute atomic E-state index is 13.7. The summed E-state index contributed by atoms with van der Waals surface area (Å²) < 4.78 is 19.3. The van der Waals surface area contributed by atoms with Crippen LogP contribution in [-0.4, -0.2) is 0 Å². The van der Waals surface area contributed by atoms with E-state index in [1.807, 2.05) is 30.3 Å². The van der Waals surface area contributed by atoms with Crippen LogP contribution >= 0.6 is 0 Å². The van der Waals surface area contributed by atoms with Crippen LogP contribution in [0.4, 0.5) is 4.39 Å². The van der Waals surface area contributed by atoms with Crippen molar-refractivity contribution in [3.63, 3.8) is 0 Å². The molecule has 0 aliphatic carbocycles. The second-order valence-corrected chi connectivity index (χ2v) is 4.80. The minimum Gasteiger partial charge on any atom is -0.464 e. The molecule has 3 nitrogen and oxygen atoms in total. The molecule has 1 unspecified atom stereocenters. The number of furan rings is 1. The summed E-state index contributed by atoms with van der Waals surface area (Å²) in [7, 11) is 0. The number of hydrogen-bond donors (Lipinski definition) is 2. The third kappa shape index (κ3) is 2.09. The number of rotatable bonds is 3. The number of fused-ring (bicyclic) bond motifs is 1. The topological polar surface area (TPSA) is 51.2 Å². The average Bonchev–Trinajstić information content (AvgIpc) is 2.88. The number of para-hydroxylation sites is 1. The van der Waals surface area contributed by atoms with Crippen LogP contribution in [0.5, 0.6) is 0 Å². The van der Waals surface area contributed by atoms with Crippen molar-refractivity contribution in [3.8, 4) is 0 Å². The van der Waals surface area contributed by atoms with E-state index >= 15 is 0 Å². The molecule has 1 heterocycles. The molecule has 0 saturated carbocycles. The largest absolute Gasteiger partial charge is 0.464 e. The fourth-order valence-electron chi connectivity index (χ4n) is 2.38. The minimum absolute atomic E-state index is 0.240. The zero-order valence-electron chi connectivity index (χ0n) is 11.1. The normalized spacial score (nSPS) is 12.8. The highest BCUT2D eigenvalue weighted by atomic mass is 19.1. The van der Waals surface area contributed by atoms with Crippen molar-refractivity contribution in [1.29, 1.82) is 0 Å². The molecule has 0 aliphatic heterocycles. The lowest BCUT2D eigenvalue weighted by molar-refractivity contribution is 0.578. The quantitative estimate of drug-likeness (QED) is 0.566. The Morgan fingerprint density at radius 3 is 2.75 bits per heavy atom. The Labute approximate surface area is 116 Å². The number of hydrogen-bond acceptors (Lipinski definition) is 3. The van der Waals surface area contributed by atoms with Gasteiger partial charge in [-0.1, -0.05) is 30.3 Å². The van der Waals surface area contributed by atoms with E-state index in [-0.39, 0.29) is 11.9 Å². The highest BCUT2D eigenvalue weighted by molar-refractivity contribution is 5.81. The monoisotopic (exact) mass is 270 g/mol. The lowest BCUT2D eigenvalue weighted by atomic mass is 9.98. The highest BCUT2D eigenvalue weighted by Gasteiger charge is 2.18. The van der Waals surface area contributed by atoms with Crippen LogP contribution in [-0.2, 0) is 0 Å². The molecule has 0 spiro atoms. The maximum Gasteiger partial charge on any atom is 0.134 e. The number of nitrogens with two attached hydrogens (primary N) is 1. The smallest absolute Gasteiger partial charge is 0.134 e. The first kappa shape index (κ1) is 12.8. The highest BCUT2D eigenvalue weighted by Crippen LogP contribution is 2.30.